The second-order valence-electron chi connectivity index (χ2n) is 7.47. The molecule has 0 radical (unpaired) electrons. The van der Waals surface area contributed by atoms with E-state index >= 15 is 0 Å². The lowest BCUT2D eigenvalue weighted by Gasteiger charge is -2.29. The van der Waals surface area contributed by atoms with Crippen LogP contribution in [0.15, 0.2) is 53.9 Å². The van der Waals surface area contributed by atoms with Crippen LogP contribution in [0.5, 0.6) is 11.5 Å². The highest BCUT2D eigenvalue weighted by Gasteiger charge is 2.35. The zero-order chi connectivity index (χ0) is 23.4. The zero-order valence-corrected chi connectivity index (χ0v) is 18.7. The molecular weight excluding hydrogens is 424 g/mol. The fourth-order valence-electron chi connectivity index (χ4n) is 3.78. The fourth-order valence-corrected chi connectivity index (χ4v) is 3.78. The van der Waals surface area contributed by atoms with Crippen molar-refractivity contribution >= 4 is 17.7 Å². The van der Waals surface area contributed by atoms with Gasteiger partial charge in [0.25, 0.3) is 5.91 Å². The highest BCUT2D eigenvalue weighted by Crippen LogP contribution is 2.39. The molecule has 2 aromatic heterocycles. The van der Waals surface area contributed by atoms with Gasteiger partial charge in [-0.15, -0.1) is 0 Å². The quantitative estimate of drug-likeness (QED) is 0.478. The lowest BCUT2D eigenvalue weighted by Crippen LogP contribution is -2.31. The van der Waals surface area contributed by atoms with E-state index in [0.717, 1.165) is 5.56 Å². The lowest BCUT2D eigenvalue weighted by molar-refractivity contribution is -0.113. The Balaban J connectivity index is 1.80. The number of aliphatic hydroxyl groups is 1. The number of hydrogen-bond donors (Lipinski definition) is 3. The van der Waals surface area contributed by atoms with E-state index < -0.39 is 6.04 Å². The highest BCUT2D eigenvalue weighted by atomic mass is 16.5. The van der Waals surface area contributed by atoms with Crippen LogP contribution in [0.3, 0.4) is 0 Å². The van der Waals surface area contributed by atoms with Crippen molar-refractivity contribution in [3.8, 4) is 11.5 Å². The average Bonchev–Trinajstić information content (AvgIpc) is 3.24. The Labute approximate surface area is 191 Å². The minimum Gasteiger partial charge on any atom is -0.493 e. The van der Waals surface area contributed by atoms with Crippen LogP contribution in [0.25, 0.3) is 0 Å². The largest absolute Gasteiger partial charge is 0.493 e. The lowest BCUT2D eigenvalue weighted by atomic mass is 9.94. The molecule has 1 atom stereocenters. The molecule has 0 saturated carbocycles. The van der Waals surface area contributed by atoms with Gasteiger partial charge in [-0.25, -0.2) is 9.67 Å². The number of carbonyl (C=O) groups is 1. The number of amides is 1. The van der Waals surface area contributed by atoms with E-state index in [2.05, 4.69) is 25.7 Å². The molecule has 3 N–H and O–H groups in total. The smallest absolute Gasteiger partial charge is 0.257 e. The van der Waals surface area contributed by atoms with Gasteiger partial charge in [0.2, 0.25) is 5.95 Å². The van der Waals surface area contributed by atoms with Crippen molar-refractivity contribution in [2.45, 2.75) is 25.8 Å². The number of pyridine rings is 1. The van der Waals surface area contributed by atoms with E-state index in [0.29, 0.717) is 53.2 Å². The zero-order valence-electron chi connectivity index (χ0n) is 18.7. The summed E-state index contributed by atoms with van der Waals surface area (Å²) < 4.78 is 12.6. The minimum atomic E-state index is -0.569. The first-order chi connectivity index (χ1) is 16.0. The molecule has 3 aromatic rings. The molecule has 33 heavy (non-hydrogen) atoms. The van der Waals surface area contributed by atoms with Crippen molar-refractivity contribution in [1.82, 2.24) is 19.7 Å². The third-order valence-electron chi connectivity index (χ3n) is 5.33. The van der Waals surface area contributed by atoms with Crippen LogP contribution >= 0.6 is 0 Å². The number of hydrogen-bond acceptors (Lipinski definition) is 8. The predicted molar refractivity (Wildman–Crippen MR) is 122 cm³/mol. The summed E-state index contributed by atoms with van der Waals surface area (Å²) >= 11 is 0. The number of ether oxygens (including phenoxy) is 2. The average molecular weight is 450 g/mol. The molecule has 0 spiro atoms. The van der Waals surface area contributed by atoms with E-state index in [4.69, 9.17) is 9.47 Å². The third kappa shape index (κ3) is 4.51. The first-order valence-corrected chi connectivity index (χ1v) is 10.5. The number of rotatable bonds is 8. The second-order valence-corrected chi connectivity index (χ2v) is 7.47. The summed E-state index contributed by atoms with van der Waals surface area (Å²) in [5.41, 5.74) is 1.90. The van der Waals surface area contributed by atoms with Crippen molar-refractivity contribution < 1.29 is 19.4 Å². The van der Waals surface area contributed by atoms with Crippen LogP contribution in [-0.2, 0) is 11.2 Å². The number of nitrogens with one attached hydrogen (secondary N) is 2. The summed E-state index contributed by atoms with van der Waals surface area (Å²) in [6.07, 6.45) is 2.68. The molecular formula is C23H26N6O4. The van der Waals surface area contributed by atoms with Gasteiger partial charge in [0.05, 0.1) is 19.8 Å². The van der Waals surface area contributed by atoms with E-state index in [1.165, 1.54) is 0 Å². The maximum Gasteiger partial charge on any atom is 0.257 e. The molecule has 0 saturated heterocycles. The Morgan fingerprint density at radius 3 is 2.73 bits per heavy atom. The summed E-state index contributed by atoms with van der Waals surface area (Å²) in [6.45, 7) is 1.87. The minimum absolute atomic E-state index is 0.0470. The molecule has 4 rings (SSSR count). The molecule has 0 fully saturated rings. The number of benzene rings is 1. The highest BCUT2D eigenvalue weighted by molar-refractivity contribution is 6.05. The summed E-state index contributed by atoms with van der Waals surface area (Å²) in [7, 11) is 3.13. The normalized spacial score (nSPS) is 15.0. The molecule has 172 valence electrons. The molecule has 10 heteroatoms. The van der Waals surface area contributed by atoms with Crippen molar-refractivity contribution in [2.24, 2.45) is 0 Å². The van der Waals surface area contributed by atoms with Crippen molar-refractivity contribution in [2.75, 3.05) is 31.5 Å². The van der Waals surface area contributed by atoms with Crippen LogP contribution in [0.2, 0.25) is 0 Å². The van der Waals surface area contributed by atoms with Crippen molar-refractivity contribution in [3.05, 3.63) is 65.3 Å². The van der Waals surface area contributed by atoms with E-state index in [9.17, 15) is 9.90 Å². The standard InChI is InChI=1S/C23H26N6O4/c1-14-20(22(31)26-18-7-4-5-11-24-18)21(15-9-10-16(32-2)17(13-15)33-3)29-23(25-14)27-19(28-29)8-6-12-30/h4-5,7,9-11,13,21,30H,6,8,12H2,1-3H3,(H,24,26,31)(H,25,27,28). The van der Waals surface area contributed by atoms with Crippen LogP contribution in [0.4, 0.5) is 11.8 Å². The number of aromatic nitrogens is 4. The number of aryl methyl sites for hydroxylation is 1. The van der Waals surface area contributed by atoms with Gasteiger partial charge in [-0.1, -0.05) is 12.1 Å². The van der Waals surface area contributed by atoms with Crippen LogP contribution in [-0.4, -0.2) is 51.6 Å². The van der Waals surface area contributed by atoms with E-state index in [1.54, 1.807) is 49.4 Å². The predicted octanol–water partition coefficient (Wildman–Crippen LogP) is 2.54. The van der Waals surface area contributed by atoms with Gasteiger partial charge >= 0.3 is 0 Å². The molecule has 1 aromatic carbocycles. The SMILES string of the molecule is COc1ccc(C2C(C(=O)Nc3ccccn3)=C(C)Nc3nc(CCCO)nn32)cc1OC. The monoisotopic (exact) mass is 450 g/mol. The molecule has 10 nitrogen and oxygen atoms in total. The van der Waals surface area contributed by atoms with Crippen LogP contribution in [0, 0.1) is 0 Å². The Hall–Kier alpha value is -3.92. The molecule has 1 aliphatic rings. The summed E-state index contributed by atoms with van der Waals surface area (Å²) in [5.74, 6) is 2.36. The number of carbonyl (C=O) groups excluding carboxylic acids is 1. The van der Waals surface area contributed by atoms with Crippen LogP contribution in [0.1, 0.15) is 30.8 Å². The fraction of sp³-hybridized carbons (Fsp3) is 0.304. The second kappa shape index (κ2) is 9.70. The molecule has 1 unspecified atom stereocenters. The van der Waals surface area contributed by atoms with Crippen molar-refractivity contribution in [3.63, 3.8) is 0 Å². The number of allylic oxidation sites excluding steroid dienone is 1. The molecule has 0 bridgehead atoms. The van der Waals surface area contributed by atoms with Gasteiger partial charge in [0.1, 0.15) is 11.9 Å². The van der Waals surface area contributed by atoms with Gasteiger partial charge in [-0.3, -0.25) is 4.79 Å². The van der Waals surface area contributed by atoms with Crippen molar-refractivity contribution in [1.29, 1.82) is 0 Å². The van der Waals surface area contributed by atoms with E-state index in [-0.39, 0.29) is 12.5 Å². The number of nitrogens with zero attached hydrogens (tertiary/aromatic N) is 4. The number of methoxy groups -OCH3 is 2. The number of aliphatic hydroxyl groups excluding tert-OH is 1. The summed E-state index contributed by atoms with van der Waals surface area (Å²) in [5, 5.41) is 19.9. The maximum absolute atomic E-state index is 13.4. The van der Waals surface area contributed by atoms with Gasteiger partial charge in [-0.05, 0) is 43.2 Å². The number of anilines is 2. The molecule has 1 aliphatic heterocycles. The molecule has 1 amide bonds. The summed E-state index contributed by atoms with van der Waals surface area (Å²) in [4.78, 5) is 22.2. The Morgan fingerprint density at radius 2 is 2.03 bits per heavy atom. The first-order valence-electron chi connectivity index (χ1n) is 10.5. The van der Waals surface area contributed by atoms with Gasteiger partial charge in [-0.2, -0.15) is 10.1 Å². The molecule has 0 aliphatic carbocycles. The first kappa shape index (κ1) is 22.3. The maximum atomic E-state index is 13.4. The Kier molecular flexibility index (Phi) is 6.55. The Bertz CT molecular complexity index is 1170. The number of fused-ring (bicyclic) bond motifs is 1. The van der Waals surface area contributed by atoms with Gasteiger partial charge in [0, 0.05) is 24.9 Å². The van der Waals surface area contributed by atoms with Gasteiger partial charge < -0.3 is 25.2 Å². The summed E-state index contributed by atoms with van der Waals surface area (Å²) in [6, 6.07) is 10.2. The third-order valence-corrected chi connectivity index (χ3v) is 5.33. The van der Waals surface area contributed by atoms with Crippen LogP contribution < -0.4 is 20.1 Å². The van der Waals surface area contributed by atoms with E-state index in [1.807, 2.05) is 19.1 Å². The molecule has 3 heterocycles. The Morgan fingerprint density at radius 1 is 1.21 bits per heavy atom. The van der Waals surface area contributed by atoms with Gasteiger partial charge in [0.15, 0.2) is 17.3 Å². The topological polar surface area (TPSA) is 123 Å².